The summed E-state index contributed by atoms with van der Waals surface area (Å²) < 4.78 is 5.02. The quantitative estimate of drug-likeness (QED) is 0.365. The largest absolute Gasteiger partial charge is 0.508 e. The molecule has 0 fully saturated rings. The van der Waals surface area contributed by atoms with Gasteiger partial charge < -0.3 is 9.84 Å². The minimum absolute atomic E-state index is 0.150. The molecule has 0 saturated heterocycles. The molecule has 0 heterocycles. The molecule has 0 amide bonds. The Balaban J connectivity index is 2.34. The van der Waals surface area contributed by atoms with Crippen molar-refractivity contribution in [1.82, 2.24) is 0 Å². The first-order chi connectivity index (χ1) is 7.22. The van der Waals surface area contributed by atoms with Crippen LogP contribution in [0.5, 0.6) is 11.5 Å². The molecule has 0 saturated carbocycles. The fraction of sp³-hybridized carbons (Fsp3) is 0.364. The van der Waals surface area contributed by atoms with E-state index in [1.807, 2.05) is 0 Å². The molecule has 0 aliphatic heterocycles. The first-order valence-corrected chi connectivity index (χ1v) is 5.31. The number of esters is 1. The Morgan fingerprint density at radius 2 is 1.93 bits per heavy atom. The van der Waals surface area contributed by atoms with E-state index in [1.165, 1.54) is 12.1 Å². The Morgan fingerprint density at radius 1 is 1.27 bits per heavy atom. The lowest BCUT2D eigenvalue weighted by molar-refractivity contribution is -0.134. The highest BCUT2D eigenvalue weighted by Gasteiger charge is 2.03. The van der Waals surface area contributed by atoms with Gasteiger partial charge in [-0.2, -0.15) is 0 Å². The van der Waals surface area contributed by atoms with Gasteiger partial charge >= 0.3 is 5.97 Å². The third kappa shape index (κ3) is 4.70. The smallest absolute Gasteiger partial charge is 0.311 e. The van der Waals surface area contributed by atoms with Crippen LogP contribution in [-0.4, -0.2) is 17.0 Å². The van der Waals surface area contributed by atoms with Crippen molar-refractivity contribution in [2.45, 2.75) is 19.3 Å². The molecule has 0 spiro atoms. The number of carbonyl (C=O) groups is 1. The van der Waals surface area contributed by atoms with Crippen LogP contribution in [0.1, 0.15) is 19.3 Å². The molecule has 1 N–H and O–H groups in total. The predicted molar refractivity (Wildman–Crippen MR) is 58.3 cm³/mol. The van der Waals surface area contributed by atoms with Gasteiger partial charge in [-0.05, 0) is 37.1 Å². The molecule has 1 rings (SSSR count). The maximum Gasteiger partial charge on any atom is 0.311 e. The zero-order chi connectivity index (χ0) is 11.1. The zero-order valence-corrected chi connectivity index (χ0v) is 9.04. The Kier molecular flexibility index (Phi) is 4.98. The highest BCUT2D eigenvalue weighted by atomic mass is 35.5. The lowest BCUT2D eigenvalue weighted by Gasteiger charge is -2.03. The third-order valence-corrected chi connectivity index (χ3v) is 2.10. The molecule has 0 bridgehead atoms. The Hall–Kier alpha value is -1.22. The molecule has 15 heavy (non-hydrogen) atoms. The molecule has 0 aliphatic carbocycles. The molecule has 3 nitrogen and oxygen atoms in total. The van der Waals surface area contributed by atoms with Gasteiger partial charge in [-0.3, -0.25) is 4.79 Å². The molecule has 0 aromatic heterocycles. The van der Waals surface area contributed by atoms with Crippen molar-refractivity contribution < 1.29 is 14.6 Å². The van der Waals surface area contributed by atoms with Crippen molar-refractivity contribution in [3.63, 3.8) is 0 Å². The van der Waals surface area contributed by atoms with E-state index in [4.69, 9.17) is 21.4 Å². The zero-order valence-electron chi connectivity index (χ0n) is 8.28. The van der Waals surface area contributed by atoms with E-state index in [9.17, 15) is 4.79 Å². The van der Waals surface area contributed by atoms with Gasteiger partial charge in [0.2, 0.25) is 0 Å². The van der Waals surface area contributed by atoms with Crippen LogP contribution < -0.4 is 4.74 Å². The first kappa shape index (κ1) is 11.9. The van der Waals surface area contributed by atoms with E-state index in [1.54, 1.807) is 12.1 Å². The second-order valence-corrected chi connectivity index (χ2v) is 3.49. The average Bonchev–Trinajstić information content (AvgIpc) is 2.22. The van der Waals surface area contributed by atoms with Crippen LogP contribution in [0, 0.1) is 0 Å². The number of aromatic hydroxyl groups is 1. The highest BCUT2D eigenvalue weighted by Crippen LogP contribution is 2.16. The van der Waals surface area contributed by atoms with E-state index in [2.05, 4.69) is 0 Å². The van der Waals surface area contributed by atoms with E-state index >= 15 is 0 Å². The molecular weight excluding hydrogens is 216 g/mol. The van der Waals surface area contributed by atoms with Gasteiger partial charge in [0.05, 0.1) is 0 Å². The number of benzene rings is 1. The van der Waals surface area contributed by atoms with E-state index in [-0.39, 0.29) is 11.7 Å². The van der Waals surface area contributed by atoms with Gasteiger partial charge in [0, 0.05) is 12.3 Å². The van der Waals surface area contributed by atoms with Gasteiger partial charge in [-0.25, -0.2) is 0 Å². The van der Waals surface area contributed by atoms with Crippen molar-refractivity contribution in [2.75, 3.05) is 5.88 Å². The number of phenolic OH excluding ortho intramolecular Hbond substituents is 1. The summed E-state index contributed by atoms with van der Waals surface area (Å²) in [6.45, 7) is 0. The number of ether oxygens (including phenoxy) is 1. The normalized spacial score (nSPS) is 9.93. The lowest BCUT2D eigenvalue weighted by atomic mass is 10.2. The summed E-state index contributed by atoms with van der Waals surface area (Å²) in [5.41, 5.74) is 0. The Bertz CT molecular complexity index is 308. The molecule has 0 aliphatic rings. The fourth-order valence-corrected chi connectivity index (χ4v) is 1.25. The maximum absolute atomic E-state index is 11.2. The van der Waals surface area contributed by atoms with Crippen LogP contribution in [0.3, 0.4) is 0 Å². The molecule has 82 valence electrons. The average molecular weight is 229 g/mol. The van der Waals surface area contributed by atoms with Crippen LogP contribution in [-0.2, 0) is 4.79 Å². The van der Waals surface area contributed by atoms with Crippen molar-refractivity contribution in [1.29, 1.82) is 0 Å². The Morgan fingerprint density at radius 3 is 2.53 bits per heavy atom. The number of unbranched alkanes of at least 4 members (excludes halogenated alkanes) is 1. The molecule has 0 atom stereocenters. The van der Waals surface area contributed by atoms with Crippen LogP contribution in [0.4, 0.5) is 0 Å². The number of hydrogen-bond acceptors (Lipinski definition) is 3. The van der Waals surface area contributed by atoms with Crippen molar-refractivity contribution in [2.24, 2.45) is 0 Å². The fourth-order valence-electron chi connectivity index (χ4n) is 1.06. The van der Waals surface area contributed by atoms with Gasteiger partial charge in [0.15, 0.2) is 0 Å². The summed E-state index contributed by atoms with van der Waals surface area (Å²) in [6, 6.07) is 6.05. The van der Waals surface area contributed by atoms with E-state index in [0.717, 1.165) is 12.8 Å². The second kappa shape index (κ2) is 6.30. The van der Waals surface area contributed by atoms with E-state index in [0.29, 0.717) is 18.1 Å². The van der Waals surface area contributed by atoms with Gasteiger partial charge in [-0.15, -0.1) is 11.6 Å². The third-order valence-electron chi connectivity index (χ3n) is 1.83. The van der Waals surface area contributed by atoms with Gasteiger partial charge in [0.1, 0.15) is 11.5 Å². The summed E-state index contributed by atoms with van der Waals surface area (Å²) in [5, 5.41) is 9.01. The van der Waals surface area contributed by atoms with Crippen LogP contribution in [0.25, 0.3) is 0 Å². The summed E-state index contributed by atoms with van der Waals surface area (Å²) in [7, 11) is 0. The van der Waals surface area contributed by atoms with Crippen molar-refractivity contribution in [3.05, 3.63) is 24.3 Å². The molecular formula is C11H13ClO3. The second-order valence-electron chi connectivity index (χ2n) is 3.11. The minimum Gasteiger partial charge on any atom is -0.508 e. The van der Waals surface area contributed by atoms with Crippen molar-refractivity contribution >= 4 is 17.6 Å². The highest BCUT2D eigenvalue weighted by molar-refractivity contribution is 6.17. The number of rotatable bonds is 5. The topological polar surface area (TPSA) is 46.5 Å². The predicted octanol–water partition coefficient (Wildman–Crippen LogP) is 2.71. The molecule has 1 aromatic rings. The first-order valence-electron chi connectivity index (χ1n) is 4.78. The standard InChI is InChI=1S/C11H13ClO3/c12-8-2-1-3-11(14)15-10-6-4-9(13)5-7-10/h4-7,13H,1-3,8H2. The number of hydrogen-bond donors (Lipinski definition) is 1. The molecule has 4 heteroatoms. The summed E-state index contributed by atoms with van der Waals surface area (Å²) in [4.78, 5) is 11.2. The molecule has 0 radical (unpaired) electrons. The minimum atomic E-state index is -0.272. The SMILES string of the molecule is O=C(CCCCCl)Oc1ccc(O)cc1. The maximum atomic E-state index is 11.2. The monoisotopic (exact) mass is 228 g/mol. The Labute approximate surface area is 93.6 Å². The number of carbonyl (C=O) groups excluding carboxylic acids is 1. The van der Waals surface area contributed by atoms with Crippen LogP contribution in [0.2, 0.25) is 0 Å². The molecule has 0 unspecified atom stereocenters. The summed E-state index contributed by atoms with van der Waals surface area (Å²) >= 11 is 5.48. The lowest BCUT2D eigenvalue weighted by Crippen LogP contribution is -2.07. The van der Waals surface area contributed by atoms with Crippen molar-refractivity contribution in [3.8, 4) is 11.5 Å². The van der Waals surface area contributed by atoms with Gasteiger partial charge in [0.25, 0.3) is 0 Å². The summed E-state index contributed by atoms with van der Waals surface area (Å²) in [5.74, 6) is 0.887. The van der Waals surface area contributed by atoms with Gasteiger partial charge in [-0.1, -0.05) is 0 Å². The van der Waals surface area contributed by atoms with Crippen LogP contribution in [0.15, 0.2) is 24.3 Å². The van der Waals surface area contributed by atoms with Crippen LogP contribution >= 0.6 is 11.6 Å². The number of alkyl halides is 1. The number of phenols is 1. The molecule has 1 aromatic carbocycles. The van der Waals surface area contributed by atoms with E-state index < -0.39 is 0 Å². The number of halogens is 1. The summed E-state index contributed by atoms with van der Waals surface area (Å²) in [6.07, 6.45) is 1.92.